The SMILES string of the molecule is CN(C=O)CCO. The molecule has 3 heteroatoms. The monoisotopic (exact) mass is 103 g/mol. The van der Waals surface area contributed by atoms with Crippen molar-refractivity contribution in [2.45, 2.75) is 0 Å². The van der Waals surface area contributed by atoms with Gasteiger partial charge in [0, 0.05) is 13.6 Å². The van der Waals surface area contributed by atoms with Gasteiger partial charge in [0.15, 0.2) is 0 Å². The Morgan fingerprint density at radius 2 is 2.43 bits per heavy atom. The van der Waals surface area contributed by atoms with Gasteiger partial charge in [0.25, 0.3) is 0 Å². The van der Waals surface area contributed by atoms with Crippen LogP contribution < -0.4 is 0 Å². The molecule has 0 unspecified atom stereocenters. The lowest BCUT2D eigenvalue weighted by Gasteiger charge is -2.04. The highest BCUT2D eigenvalue weighted by Crippen LogP contribution is 1.68. The lowest BCUT2D eigenvalue weighted by atomic mass is 10.6. The molecule has 0 atom stereocenters. The maximum Gasteiger partial charge on any atom is 0.209 e. The Hall–Kier alpha value is -0.570. The van der Waals surface area contributed by atoms with E-state index in [-0.39, 0.29) is 6.61 Å². The van der Waals surface area contributed by atoms with Gasteiger partial charge in [-0.3, -0.25) is 4.79 Å². The number of rotatable bonds is 3. The molecule has 0 rings (SSSR count). The van der Waals surface area contributed by atoms with Gasteiger partial charge in [-0.25, -0.2) is 0 Å². The lowest BCUT2D eigenvalue weighted by Crippen LogP contribution is -2.19. The Morgan fingerprint density at radius 1 is 1.86 bits per heavy atom. The zero-order valence-electron chi connectivity index (χ0n) is 4.29. The van der Waals surface area contributed by atoms with Gasteiger partial charge in [-0.15, -0.1) is 0 Å². The summed E-state index contributed by atoms with van der Waals surface area (Å²) in [6.07, 6.45) is 0.677. The molecule has 0 radical (unpaired) electrons. The van der Waals surface area contributed by atoms with Crippen molar-refractivity contribution in [1.29, 1.82) is 0 Å². The Labute approximate surface area is 42.5 Å². The molecule has 0 aromatic rings. The van der Waals surface area contributed by atoms with E-state index in [2.05, 4.69) is 0 Å². The van der Waals surface area contributed by atoms with Crippen LogP contribution in [-0.4, -0.2) is 36.6 Å². The molecule has 0 saturated carbocycles. The van der Waals surface area contributed by atoms with E-state index in [1.54, 1.807) is 7.05 Å². The summed E-state index contributed by atoms with van der Waals surface area (Å²) >= 11 is 0. The largest absolute Gasteiger partial charge is 0.395 e. The van der Waals surface area contributed by atoms with Crippen molar-refractivity contribution in [2.75, 3.05) is 20.2 Å². The number of carbonyl (C=O) groups is 1. The molecule has 7 heavy (non-hydrogen) atoms. The van der Waals surface area contributed by atoms with Gasteiger partial charge in [0.05, 0.1) is 6.61 Å². The average Bonchev–Trinajstić information content (AvgIpc) is 1.68. The first kappa shape index (κ1) is 6.43. The zero-order valence-corrected chi connectivity index (χ0v) is 4.29. The Morgan fingerprint density at radius 3 is 2.57 bits per heavy atom. The first-order valence-electron chi connectivity index (χ1n) is 2.07. The van der Waals surface area contributed by atoms with Gasteiger partial charge >= 0.3 is 0 Å². The zero-order chi connectivity index (χ0) is 5.70. The summed E-state index contributed by atoms with van der Waals surface area (Å²) in [5.41, 5.74) is 0. The number of nitrogens with zero attached hydrogens (tertiary/aromatic N) is 1. The molecule has 0 heterocycles. The van der Waals surface area contributed by atoms with Gasteiger partial charge in [-0.2, -0.15) is 0 Å². The third kappa shape index (κ3) is 3.26. The standard InChI is InChI=1S/C4H9NO2/c1-5(4-7)2-3-6/h4,6H,2-3H2,1H3. The maximum atomic E-state index is 9.71. The van der Waals surface area contributed by atoms with Crippen LogP contribution in [0.15, 0.2) is 0 Å². The Balaban J connectivity index is 2.98. The van der Waals surface area contributed by atoms with E-state index >= 15 is 0 Å². The number of aliphatic hydroxyl groups is 1. The molecule has 0 bridgehead atoms. The minimum atomic E-state index is 0.0369. The molecule has 0 spiro atoms. The highest BCUT2D eigenvalue weighted by atomic mass is 16.3. The number of hydrogen-bond acceptors (Lipinski definition) is 2. The van der Waals surface area contributed by atoms with Crippen molar-refractivity contribution in [3.63, 3.8) is 0 Å². The van der Waals surface area contributed by atoms with Crippen molar-refractivity contribution in [2.24, 2.45) is 0 Å². The smallest absolute Gasteiger partial charge is 0.209 e. The fourth-order valence-electron chi connectivity index (χ4n) is 0.210. The summed E-state index contributed by atoms with van der Waals surface area (Å²) in [6, 6.07) is 0. The first-order chi connectivity index (χ1) is 3.31. The number of hydrogen-bond donors (Lipinski definition) is 1. The highest BCUT2D eigenvalue weighted by Gasteiger charge is 1.85. The van der Waals surface area contributed by atoms with E-state index in [0.29, 0.717) is 13.0 Å². The van der Waals surface area contributed by atoms with Gasteiger partial charge < -0.3 is 10.0 Å². The van der Waals surface area contributed by atoms with Crippen LogP contribution >= 0.6 is 0 Å². The molecule has 0 aliphatic carbocycles. The molecule has 0 aliphatic rings. The maximum absolute atomic E-state index is 9.71. The van der Waals surface area contributed by atoms with Crippen molar-refractivity contribution < 1.29 is 9.90 Å². The molecule has 42 valence electrons. The fraction of sp³-hybridized carbons (Fsp3) is 0.750. The molecule has 0 aromatic carbocycles. The number of aliphatic hydroxyl groups excluding tert-OH is 1. The van der Waals surface area contributed by atoms with Crippen LogP contribution in [-0.2, 0) is 4.79 Å². The number of likely N-dealkylation sites (N-methyl/N-ethyl adjacent to an activating group) is 1. The molecule has 0 fully saturated rings. The van der Waals surface area contributed by atoms with Crippen molar-refractivity contribution >= 4 is 6.41 Å². The van der Waals surface area contributed by atoms with Gasteiger partial charge in [0.1, 0.15) is 0 Å². The van der Waals surface area contributed by atoms with E-state index in [1.165, 1.54) is 4.90 Å². The molecule has 1 N–H and O–H groups in total. The second-order valence-electron chi connectivity index (χ2n) is 1.31. The van der Waals surface area contributed by atoms with Crippen LogP contribution in [0.5, 0.6) is 0 Å². The van der Waals surface area contributed by atoms with Gasteiger partial charge in [-0.05, 0) is 0 Å². The molecule has 0 aromatic heterocycles. The predicted octanol–water partition coefficient (Wildman–Crippen LogP) is -0.933. The van der Waals surface area contributed by atoms with E-state index < -0.39 is 0 Å². The topological polar surface area (TPSA) is 40.5 Å². The summed E-state index contributed by atoms with van der Waals surface area (Å²) < 4.78 is 0. The number of amides is 1. The van der Waals surface area contributed by atoms with Crippen molar-refractivity contribution in [3.05, 3.63) is 0 Å². The van der Waals surface area contributed by atoms with Crippen LogP contribution in [0.1, 0.15) is 0 Å². The van der Waals surface area contributed by atoms with Crippen LogP contribution in [0.2, 0.25) is 0 Å². The highest BCUT2D eigenvalue weighted by molar-refractivity contribution is 5.46. The minimum Gasteiger partial charge on any atom is -0.395 e. The Kier molecular flexibility index (Phi) is 3.32. The lowest BCUT2D eigenvalue weighted by molar-refractivity contribution is -0.117. The number of carbonyl (C=O) groups excluding carboxylic acids is 1. The first-order valence-corrected chi connectivity index (χ1v) is 2.07. The van der Waals surface area contributed by atoms with Crippen LogP contribution in [0.4, 0.5) is 0 Å². The van der Waals surface area contributed by atoms with Crippen molar-refractivity contribution in [3.8, 4) is 0 Å². The normalized spacial score (nSPS) is 8.29. The summed E-state index contributed by atoms with van der Waals surface area (Å²) in [7, 11) is 1.61. The van der Waals surface area contributed by atoms with E-state index in [1.807, 2.05) is 0 Å². The molecule has 1 amide bonds. The quantitative estimate of drug-likeness (QED) is 0.469. The van der Waals surface area contributed by atoms with Gasteiger partial charge in [0.2, 0.25) is 6.41 Å². The second kappa shape index (κ2) is 3.61. The molecule has 0 aliphatic heterocycles. The molecular weight excluding hydrogens is 94.0 g/mol. The predicted molar refractivity (Wildman–Crippen MR) is 25.8 cm³/mol. The summed E-state index contributed by atoms with van der Waals surface area (Å²) in [5.74, 6) is 0. The molecule has 0 saturated heterocycles. The average molecular weight is 103 g/mol. The van der Waals surface area contributed by atoms with Crippen LogP contribution in [0.25, 0.3) is 0 Å². The van der Waals surface area contributed by atoms with Gasteiger partial charge in [-0.1, -0.05) is 0 Å². The summed E-state index contributed by atoms with van der Waals surface area (Å²) in [5, 5.41) is 8.17. The van der Waals surface area contributed by atoms with E-state index in [9.17, 15) is 4.79 Å². The summed E-state index contributed by atoms with van der Waals surface area (Å²) in [4.78, 5) is 11.1. The molecular formula is C4H9NO2. The van der Waals surface area contributed by atoms with Crippen LogP contribution in [0, 0.1) is 0 Å². The fourth-order valence-corrected chi connectivity index (χ4v) is 0.210. The van der Waals surface area contributed by atoms with Crippen LogP contribution in [0.3, 0.4) is 0 Å². The third-order valence-electron chi connectivity index (χ3n) is 0.633. The van der Waals surface area contributed by atoms with E-state index in [4.69, 9.17) is 5.11 Å². The van der Waals surface area contributed by atoms with E-state index in [0.717, 1.165) is 0 Å². The Bertz CT molecular complexity index is 55.7. The summed E-state index contributed by atoms with van der Waals surface area (Å²) in [6.45, 7) is 0.457. The van der Waals surface area contributed by atoms with Crippen molar-refractivity contribution in [1.82, 2.24) is 4.90 Å². The minimum absolute atomic E-state index is 0.0369. The molecule has 3 nitrogen and oxygen atoms in total. The second-order valence-corrected chi connectivity index (χ2v) is 1.31. The third-order valence-corrected chi connectivity index (χ3v) is 0.633.